The van der Waals surface area contributed by atoms with Crippen molar-refractivity contribution in [2.45, 2.75) is 18.9 Å². The number of carbonyl (C=O) groups is 1. The molecule has 0 spiro atoms. The average molecular weight is 246 g/mol. The molecule has 2 saturated heterocycles. The number of carbonyl (C=O) groups excluding carboxylic acids is 1. The van der Waals surface area contributed by atoms with Crippen LogP contribution < -0.4 is 10.2 Å². The van der Waals surface area contributed by atoms with E-state index in [1.807, 2.05) is 37.3 Å². The standard InChI is InChI=1S/C14H18N2O2/c1-14(11-7-8-15-9-11)10-16(13(17)18-14)12-5-3-2-4-6-12/h2-6,11,15H,7-10H2,1H3. The summed E-state index contributed by atoms with van der Waals surface area (Å²) in [4.78, 5) is 13.8. The molecular weight excluding hydrogens is 228 g/mol. The molecule has 18 heavy (non-hydrogen) atoms. The molecule has 0 aliphatic carbocycles. The number of nitrogens with one attached hydrogen (secondary N) is 1. The summed E-state index contributed by atoms with van der Waals surface area (Å²) >= 11 is 0. The minimum Gasteiger partial charge on any atom is -0.441 e. The van der Waals surface area contributed by atoms with Crippen molar-refractivity contribution in [3.8, 4) is 0 Å². The summed E-state index contributed by atoms with van der Waals surface area (Å²) in [6, 6.07) is 9.72. The first-order valence-corrected chi connectivity index (χ1v) is 6.45. The highest BCUT2D eigenvalue weighted by Gasteiger charge is 2.48. The maximum atomic E-state index is 12.0. The number of anilines is 1. The largest absolute Gasteiger partial charge is 0.441 e. The zero-order valence-corrected chi connectivity index (χ0v) is 10.6. The van der Waals surface area contributed by atoms with Gasteiger partial charge in [0.25, 0.3) is 0 Å². The molecule has 0 saturated carbocycles. The number of hydrogen-bond donors (Lipinski definition) is 1. The van der Waals surface area contributed by atoms with Crippen molar-refractivity contribution in [3.05, 3.63) is 30.3 Å². The van der Waals surface area contributed by atoms with Crippen LogP contribution in [-0.2, 0) is 4.74 Å². The summed E-state index contributed by atoms with van der Waals surface area (Å²) in [6.07, 6.45) is 0.850. The molecule has 1 aromatic rings. The van der Waals surface area contributed by atoms with E-state index in [4.69, 9.17) is 4.74 Å². The van der Waals surface area contributed by atoms with Gasteiger partial charge in [-0.1, -0.05) is 18.2 Å². The number of cyclic esters (lactones) is 1. The van der Waals surface area contributed by atoms with Crippen molar-refractivity contribution in [2.75, 3.05) is 24.5 Å². The number of ether oxygens (including phenoxy) is 1. The van der Waals surface area contributed by atoms with Crippen LogP contribution in [0.15, 0.2) is 30.3 Å². The third kappa shape index (κ3) is 1.86. The fourth-order valence-corrected chi connectivity index (χ4v) is 2.86. The van der Waals surface area contributed by atoms with Crippen LogP contribution in [0.5, 0.6) is 0 Å². The lowest BCUT2D eigenvalue weighted by atomic mass is 9.88. The summed E-state index contributed by atoms with van der Waals surface area (Å²) in [6.45, 7) is 4.64. The molecule has 2 atom stereocenters. The van der Waals surface area contributed by atoms with E-state index >= 15 is 0 Å². The van der Waals surface area contributed by atoms with Gasteiger partial charge in [-0.05, 0) is 32.0 Å². The number of amides is 1. The first-order valence-electron chi connectivity index (χ1n) is 6.45. The van der Waals surface area contributed by atoms with Gasteiger partial charge < -0.3 is 10.1 Å². The lowest BCUT2D eigenvalue weighted by Crippen LogP contribution is -2.40. The Morgan fingerprint density at radius 1 is 1.39 bits per heavy atom. The van der Waals surface area contributed by atoms with E-state index in [-0.39, 0.29) is 11.7 Å². The van der Waals surface area contributed by atoms with Crippen LogP contribution in [0, 0.1) is 5.92 Å². The second-order valence-corrected chi connectivity index (χ2v) is 5.29. The fraction of sp³-hybridized carbons (Fsp3) is 0.500. The van der Waals surface area contributed by atoms with Gasteiger partial charge in [0.15, 0.2) is 0 Å². The second-order valence-electron chi connectivity index (χ2n) is 5.29. The summed E-state index contributed by atoms with van der Waals surface area (Å²) in [5, 5.41) is 3.33. The maximum absolute atomic E-state index is 12.0. The van der Waals surface area contributed by atoms with E-state index in [0.717, 1.165) is 25.2 Å². The van der Waals surface area contributed by atoms with Gasteiger partial charge in [0.1, 0.15) is 5.60 Å². The normalized spacial score (nSPS) is 31.7. The Hall–Kier alpha value is -1.55. The third-order valence-electron chi connectivity index (χ3n) is 4.00. The highest BCUT2D eigenvalue weighted by atomic mass is 16.6. The molecule has 96 valence electrons. The van der Waals surface area contributed by atoms with Crippen LogP contribution in [0.1, 0.15) is 13.3 Å². The number of benzene rings is 1. The Morgan fingerprint density at radius 3 is 2.83 bits per heavy atom. The van der Waals surface area contributed by atoms with Gasteiger partial charge in [0.2, 0.25) is 0 Å². The first-order chi connectivity index (χ1) is 8.69. The Labute approximate surface area is 107 Å². The predicted molar refractivity (Wildman–Crippen MR) is 69.7 cm³/mol. The highest BCUT2D eigenvalue weighted by Crippen LogP contribution is 2.35. The highest BCUT2D eigenvalue weighted by molar-refractivity contribution is 5.90. The minimum absolute atomic E-state index is 0.226. The van der Waals surface area contributed by atoms with E-state index in [0.29, 0.717) is 12.5 Å². The molecule has 2 fully saturated rings. The second kappa shape index (κ2) is 4.28. The van der Waals surface area contributed by atoms with Crippen LogP contribution in [-0.4, -0.2) is 31.3 Å². The molecule has 2 aliphatic rings. The lowest BCUT2D eigenvalue weighted by molar-refractivity contribution is 0.0287. The van der Waals surface area contributed by atoms with E-state index in [1.165, 1.54) is 0 Å². The SMILES string of the molecule is CC1(C2CCNC2)CN(c2ccccc2)C(=O)O1. The molecule has 4 nitrogen and oxygen atoms in total. The molecule has 2 unspecified atom stereocenters. The summed E-state index contributed by atoms with van der Waals surface area (Å²) < 4.78 is 5.65. The minimum atomic E-state index is -0.365. The zero-order valence-electron chi connectivity index (χ0n) is 10.6. The Balaban J connectivity index is 1.81. The van der Waals surface area contributed by atoms with Crippen LogP contribution >= 0.6 is 0 Å². The number of hydrogen-bond acceptors (Lipinski definition) is 3. The van der Waals surface area contributed by atoms with Crippen molar-refractivity contribution in [3.63, 3.8) is 0 Å². The smallest absolute Gasteiger partial charge is 0.415 e. The molecular formula is C14H18N2O2. The summed E-state index contributed by atoms with van der Waals surface area (Å²) in [7, 11) is 0. The van der Waals surface area contributed by atoms with Crippen molar-refractivity contribution >= 4 is 11.8 Å². The maximum Gasteiger partial charge on any atom is 0.415 e. The van der Waals surface area contributed by atoms with Crippen LogP contribution in [0.2, 0.25) is 0 Å². The van der Waals surface area contributed by atoms with E-state index < -0.39 is 0 Å². The van der Waals surface area contributed by atoms with Crippen molar-refractivity contribution in [1.29, 1.82) is 0 Å². The van der Waals surface area contributed by atoms with E-state index in [9.17, 15) is 4.79 Å². The fourth-order valence-electron chi connectivity index (χ4n) is 2.86. The first kappa shape index (κ1) is 11.5. The number of nitrogens with zero attached hydrogens (tertiary/aromatic N) is 1. The van der Waals surface area contributed by atoms with Crippen molar-refractivity contribution in [2.24, 2.45) is 5.92 Å². The molecule has 1 amide bonds. The van der Waals surface area contributed by atoms with Gasteiger partial charge in [-0.15, -0.1) is 0 Å². The summed E-state index contributed by atoms with van der Waals surface area (Å²) in [5.74, 6) is 0.412. The molecule has 0 aromatic heterocycles. The van der Waals surface area contributed by atoms with Crippen LogP contribution in [0.3, 0.4) is 0 Å². The van der Waals surface area contributed by atoms with Gasteiger partial charge in [0.05, 0.1) is 6.54 Å². The quantitative estimate of drug-likeness (QED) is 0.868. The molecule has 0 bridgehead atoms. The molecule has 1 N–H and O–H groups in total. The Morgan fingerprint density at radius 2 is 2.17 bits per heavy atom. The van der Waals surface area contributed by atoms with Crippen molar-refractivity contribution in [1.82, 2.24) is 5.32 Å². The van der Waals surface area contributed by atoms with E-state index in [2.05, 4.69) is 5.32 Å². The van der Waals surface area contributed by atoms with Gasteiger partial charge in [-0.3, -0.25) is 4.90 Å². The Kier molecular flexibility index (Phi) is 2.74. The van der Waals surface area contributed by atoms with Gasteiger partial charge in [0, 0.05) is 18.2 Å². The van der Waals surface area contributed by atoms with Crippen LogP contribution in [0.4, 0.5) is 10.5 Å². The van der Waals surface area contributed by atoms with E-state index in [1.54, 1.807) is 4.90 Å². The lowest BCUT2D eigenvalue weighted by Gasteiger charge is -2.28. The Bertz CT molecular complexity index is 442. The van der Waals surface area contributed by atoms with Gasteiger partial charge in [-0.2, -0.15) is 0 Å². The topological polar surface area (TPSA) is 41.6 Å². The van der Waals surface area contributed by atoms with Crippen molar-refractivity contribution < 1.29 is 9.53 Å². The molecule has 3 rings (SSSR count). The summed E-state index contributed by atoms with van der Waals surface area (Å²) in [5.41, 5.74) is 0.549. The predicted octanol–water partition coefficient (Wildman–Crippen LogP) is 2.01. The monoisotopic (exact) mass is 246 g/mol. The van der Waals surface area contributed by atoms with Gasteiger partial charge >= 0.3 is 6.09 Å². The number of rotatable bonds is 2. The zero-order chi connectivity index (χ0) is 12.6. The molecule has 1 aromatic carbocycles. The third-order valence-corrected chi connectivity index (χ3v) is 4.00. The average Bonchev–Trinajstić information content (AvgIpc) is 2.99. The molecule has 2 aliphatic heterocycles. The molecule has 2 heterocycles. The van der Waals surface area contributed by atoms with Gasteiger partial charge in [-0.25, -0.2) is 4.79 Å². The van der Waals surface area contributed by atoms with Crippen LogP contribution in [0.25, 0.3) is 0 Å². The number of para-hydroxylation sites is 1. The molecule has 0 radical (unpaired) electrons. The molecule has 4 heteroatoms.